The van der Waals surface area contributed by atoms with Crippen LogP contribution >= 0.6 is 0 Å². The fourth-order valence-electron chi connectivity index (χ4n) is 1.91. The molecule has 1 heterocycles. The van der Waals surface area contributed by atoms with E-state index in [0.29, 0.717) is 6.04 Å². The minimum Gasteiger partial charge on any atom is -0.309 e. The van der Waals surface area contributed by atoms with Gasteiger partial charge in [-0.1, -0.05) is 26.2 Å². The van der Waals surface area contributed by atoms with Crippen molar-refractivity contribution in [1.29, 1.82) is 0 Å². The Morgan fingerprint density at radius 1 is 1.44 bits per heavy atom. The Labute approximate surface area is 99.2 Å². The van der Waals surface area contributed by atoms with E-state index in [2.05, 4.69) is 30.3 Å². The van der Waals surface area contributed by atoms with Gasteiger partial charge in [0.15, 0.2) is 0 Å². The van der Waals surface area contributed by atoms with Crippen molar-refractivity contribution in [1.82, 2.24) is 15.1 Å². The van der Waals surface area contributed by atoms with Gasteiger partial charge >= 0.3 is 0 Å². The van der Waals surface area contributed by atoms with Crippen molar-refractivity contribution in [2.24, 2.45) is 7.05 Å². The molecule has 0 spiro atoms. The van der Waals surface area contributed by atoms with Crippen molar-refractivity contribution in [3.05, 3.63) is 17.5 Å². The normalized spacial score (nSPS) is 13.0. The zero-order chi connectivity index (χ0) is 12.0. The second-order valence-corrected chi connectivity index (χ2v) is 4.68. The summed E-state index contributed by atoms with van der Waals surface area (Å²) < 4.78 is 1.96. The van der Waals surface area contributed by atoms with Gasteiger partial charge in [0.05, 0.1) is 11.4 Å². The molecule has 92 valence electrons. The minimum atomic E-state index is 0.599. The summed E-state index contributed by atoms with van der Waals surface area (Å²) in [5.74, 6) is 0. The van der Waals surface area contributed by atoms with Crippen LogP contribution in [0.1, 0.15) is 50.9 Å². The quantitative estimate of drug-likeness (QED) is 0.720. The lowest BCUT2D eigenvalue weighted by Gasteiger charge is -2.13. The van der Waals surface area contributed by atoms with Crippen molar-refractivity contribution in [2.45, 2.75) is 59.0 Å². The van der Waals surface area contributed by atoms with E-state index in [0.717, 1.165) is 12.2 Å². The van der Waals surface area contributed by atoms with Gasteiger partial charge in [0.25, 0.3) is 0 Å². The molecule has 1 unspecified atom stereocenters. The van der Waals surface area contributed by atoms with Gasteiger partial charge in [-0.25, -0.2) is 0 Å². The standard InChI is InChI=1S/C13H25N3/c1-5-6-7-8-11(2)14-10-13-9-12(3)15-16(13)4/h9,11,14H,5-8,10H2,1-4H3. The van der Waals surface area contributed by atoms with Crippen LogP contribution in [0.15, 0.2) is 6.07 Å². The third-order valence-corrected chi connectivity index (χ3v) is 2.97. The summed E-state index contributed by atoms with van der Waals surface area (Å²) in [6, 6.07) is 2.74. The van der Waals surface area contributed by atoms with Crippen molar-refractivity contribution >= 4 is 0 Å². The second-order valence-electron chi connectivity index (χ2n) is 4.68. The molecular weight excluding hydrogens is 198 g/mol. The van der Waals surface area contributed by atoms with Gasteiger partial charge in [-0.2, -0.15) is 5.10 Å². The molecular formula is C13H25N3. The van der Waals surface area contributed by atoms with Gasteiger partial charge < -0.3 is 5.32 Å². The predicted molar refractivity (Wildman–Crippen MR) is 68.4 cm³/mol. The topological polar surface area (TPSA) is 29.9 Å². The van der Waals surface area contributed by atoms with E-state index >= 15 is 0 Å². The first-order chi connectivity index (χ1) is 7.63. The van der Waals surface area contributed by atoms with Gasteiger partial charge in [0.2, 0.25) is 0 Å². The maximum absolute atomic E-state index is 4.34. The van der Waals surface area contributed by atoms with Crippen molar-refractivity contribution in [2.75, 3.05) is 0 Å². The first-order valence-electron chi connectivity index (χ1n) is 6.36. The lowest BCUT2D eigenvalue weighted by Crippen LogP contribution is -2.26. The molecule has 0 aliphatic rings. The minimum absolute atomic E-state index is 0.599. The SMILES string of the molecule is CCCCCC(C)NCc1cc(C)nn1C. The van der Waals surface area contributed by atoms with Crippen LogP contribution in [0.25, 0.3) is 0 Å². The molecule has 3 heteroatoms. The number of hydrogen-bond acceptors (Lipinski definition) is 2. The van der Waals surface area contributed by atoms with E-state index in [-0.39, 0.29) is 0 Å². The smallest absolute Gasteiger partial charge is 0.0597 e. The molecule has 0 aromatic carbocycles. The van der Waals surface area contributed by atoms with Crippen LogP contribution in [0.3, 0.4) is 0 Å². The third-order valence-electron chi connectivity index (χ3n) is 2.97. The van der Waals surface area contributed by atoms with Crippen LogP contribution in [0, 0.1) is 6.92 Å². The maximum atomic E-state index is 4.34. The molecule has 0 amide bonds. The Bertz CT molecular complexity index is 304. The summed E-state index contributed by atoms with van der Waals surface area (Å²) in [7, 11) is 2.01. The summed E-state index contributed by atoms with van der Waals surface area (Å²) in [6.07, 6.45) is 5.24. The Morgan fingerprint density at radius 2 is 2.19 bits per heavy atom. The summed E-state index contributed by atoms with van der Waals surface area (Å²) in [4.78, 5) is 0. The van der Waals surface area contributed by atoms with Gasteiger partial charge in [0.1, 0.15) is 0 Å². The molecule has 1 rings (SSSR count). The van der Waals surface area contributed by atoms with Crippen LogP contribution in [0.2, 0.25) is 0 Å². The highest BCUT2D eigenvalue weighted by Gasteiger charge is 2.04. The van der Waals surface area contributed by atoms with Crippen LogP contribution < -0.4 is 5.32 Å². The number of aromatic nitrogens is 2. The van der Waals surface area contributed by atoms with E-state index < -0.39 is 0 Å². The molecule has 3 nitrogen and oxygen atoms in total. The number of nitrogens with zero attached hydrogens (tertiary/aromatic N) is 2. The Hall–Kier alpha value is -0.830. The first kappa shape index (κ1) is 13.2. The summed E-state index contributed by atoms with van der Waals surface area (Å²) >= 11 is 0. The third kappa shape index (κ3) is 4.35. The number of rotatable bonds is 7. The summed E-state index contributed by atoms with van der Waals surface area (Å²) in [6.45, 7) is 7.47. The van der Waals surface area contributed by atoms with E-state index in [9.17, 15) is 0 Å². The summed E-state index contributed by atoms with van der Waals surface area (Å²) in [5.41, 5.74) is 2.36. The number of nitrogens with one attached hydrogen (secondary N) is 1. The fraction of sp³-hybridized carbons (Fsp3) is 0.769. The maximum Gasteiger partial charge on any atom is 0.0597 e. The monoisotopic (exact) mass is 223 g/mol. The highest BCUT2D eigenvalue weighted by molar-refractivity contribution is 5.08. The Balaban J connectivity index is 2.26. The molecule has 0 aliphatic heterocycles. The zero-order valence-corrected chi connectivity index (χ0v) is 11.1. The van der Waals surface area contributed by atoms with E-state index in [1.165, 1.54) is 31.4 Å². The number of hydrogen-bond donors (Lipinski definition) is 1. The summed E-state index contributed by atoms with van der Waals surface area (Å²) in [5, 5.41) is 7.89. The molecule has 1 aromatic rings. The molecule has 0 saturated carbocycles. The Kier molecular flexibility index (Phi) is 5.53. The highest BCUT2D eigenvalue weighted by Crippen LogP contribution is 2.05. The average Bonchev–Trinajstić information content (AvgIpc) is 2.55. The van der Waals surface area contributed by atoms with Crippen molar-refractivity contribution in [3.63, 3.8) is 0 Å². The lowest BCUT2D eigenvalue weighted by atomic mass is 10.1. The van der Waals surface area contributed by atoms with Gasteiger partial charge in [0, 0.05) is 19.6 Å². The molecule has 0 aliphatic carbocycles. The fourth-order valence-corrected chi connectivity index (χ4v) is 1.91. The van der Waals surface area contributed by atoms with E-state index in [1.807, 2.05) is 18.7 Å². The molecule has 1 aromatic heterocycles. The lowest BCUT2D eigenvalue weighted by molar-refractivity contribution is 0.477. The van der Waals surface area contributed by atoms with Gasteiger partial charge in [-0.3, -0.25) is 4.68 Å². The second kappa shape index (κ2) is 6.69. The molecule has 16 heavy (non-hydrogen) atoms. The Morgan fingerprint density at radius 3 is 2.75 bits per heavy atom. The number of aryl methyl sites for hydroxylation is 2. The highest BCUT2D eigenvalue weighted by atomic mass is 15.3. The molecule has 1 N–H and O–H groups in total. The van der Waals surface area contributed by atoms with Crippen LogP contribution in [0.4, 0.5) is 0 Å². The molecule has 1 atom stereocenters. The van der Waals surface area contributed by atoms with Crippen LogP contribution in [-0.4, -0.2) is 15.8 Å². The van der Waals surface area contributed by atoms with E-state index in [1.54, 1.807) is 0 Å². The van der Waals surface area contributed by atoms with Gasteiger partial charge in [-0.05, 0) is 26.3 Å². The average molecular weight is 223 g/mol. The zero-order valence-electron chi connectivity index (χ0n) is 11.1. The molecule has 0 fully saturated rings. The van der Waals surface area contributed by atoms with Crippen LogP contribution in [-0.2, 0) is 13.6 Å². The van der Waals surface area contributed by atoms with E-state index in [4.69, 9.17) is 0 Å². The van der Waals surface area contributed by atoms with Crippen molar-refractivity contribution in [3.8, 4) is 0 Å². The van der Waals surface area contributed by atoms with Crippen molar-refractivity contribution < 1.29 is 0 Å². The predicted octanol–water partition coefficient (Wildman–Crippen LogP) is 2.79. The van der Waals surface area contributed by atoms with Gasteiger partial charge in [-0.15, -0.1) is 0 Å². The molecule has 0 radical (unpaired) electrons. The largest absolute Gasteiger partial charge is 0.309 e. The first-order valence-corrected chi connectivity index (χ1v) is 6.36. The number of unbranched alkanes of at least 4 members (excludes halogenated alkanes) is 2. The van der Waals surface area contributed by atoms with Crippen LogP contribution in [0.5, 0.6) is 0 Å². The molecule has 0 bridgehead atoms. The molecule has 0 saturated heterocycles.